The SMILES string of the molecule is CCCCCc1cc[c-]cc1.[Cl-].[Mg+2]. The molecule has 0 spiro atoms. The minimum absolute atomic E-state index is 0. The maximum atomic E-state index is 3.02. The van der Waals surface area contributed by atoms with Crippen molar-refractivity contribution in [1.82, 2.24) is 0 Å². The summed E-state index contributed by atoms with van der Waals surface area (Å²) >= 11 is 0. The van der Waals surface area contributed by atoms with Gasteiger partial charge in [-0.05, 0) is 0 Å². The molecule has 0 heterocycles. The fourth-order valence-corrected chi connectivity index (χ4v) is 1.17. The summed E-state index contributed by atoms with van der Waals surface area (Å²) in [5, 5.41) is 0. The van der Waals surface area contributed by atoms with E-state index in [2.05, 4.69) is 25.1 Å². The molecule has 0 nitrogen and oxygen atoms in total. The minimum atomic E-state index is 0. The van der Waals surface area contributed by atoms with Gasteiger partial charge in [0.1, 0.15) is 0 Å². The zero-order chi connectivity index (χ0) is 7.94. The summed E-state index contributed by atoms with van der Waals surface area (Å²) in [5.74, 6) is 0. The Morgan fingerprint density at radius 3 is 2.31 bits per heavy atom. The monoisotopic (exact) mass is 206 g/mol. The number of benzene rings is 1. The predicted octanol–water partition coefficient (Wildman–Crippen LogP) is -0.157. The van der Waals surface area contributed by atoms with Crippen LogP contribution in [0, 0.1) is 6.07 Å². The Kier molecular flexibility index (Phi) is 12.5. The van der Waals surface area contributed by atoms with E-state index < -0.39 is 0 Å². The van der Waals surface area contributed by atoms with E-state index in [-0.39, 0.29) is 35.5 Å². The molecule has 0 N–H and O–H groups in total. The van der Waals surface area contributed by atoms with Gasteiger partial charge in [0.25, 0.3) is 0 Å². The molecular weight excluding hydrogens is 192 g/mol. The first-order valence-electron chi connectivity index (χ1n) is 4.38. The Morgan fingerprint density at radius 1 is 1.15 bits per heavy atom. The van der Waals surface area contributed by atoms with Gasteiger partial charge in [-0.2, -0.15) is 35.9 Å². The Balaban J connectivity index is 0. The average molecular weight is 207 g/mol. The molecule has 0 radical (unpaired) electrons. The summed E-state index contributed by atoms with van der Waals surface area (Å²) in [6.45, 7) is 2.23. The summed E-state index contributed by atoms with van der Waals surface area (Å²) < 4.78 is 0. The van der Waals surface area contributed by atoms with Crippen LogP contribution in [0.5, 0.6) is 0 Å². The fourth-order valence-electron chi connectivity index (χ4n) is 1.17. The molecule has 0 amide bonds. The number of unbranched alkanes of at least 4 members (excludes halogenated alkanes) is 2. The van der Waals surface area contributed by atoms with Crippen LogP contribution in [-0.2, 0) is 6.42 Å². The van der Waals surface area contributed by atoms with E-state index in [1.54, 1.807) is 0 Å². The Labute approximate surface area is 104 Å². The maximum absolute atomic E-state index is 3.02. The molecule has 0 saturated carbocycles. The molecule has 0 saturated heterocycles. The van der Waals surface area contributed by atoms with E-state index in [9.17, 15) is 0 Å². The first-order chi connectivity index (χ1) is 5.43. The first-order valence-corrected chi connectivity index (χ1v) is 4.38. The Morgan fingerprint density at radius 2 is 1.77 bits per heavy atom. The standard InChI is InChI=1S/C11H15.ClH.Mg/c1-2-3-5-8-11-9-6-4-7-10-11;;/h6-7,9-10H,2-3,5,8H2,1H3;1H;/q-1;;+2/p-1. The quantitative estimate of drug-likeness (QED) is 0.365. The molecule has 1 aromatic rings. The number of halogens is 1. The first kappa shape index (κ1) is 15.7. The van der Waals surface area contributed by atoms with Crippen LogP contribution in [0.15, 0.2) is 24.3 Å². The molecule has 0 bridgehead atoms. The van der Waals surface area contributed by atoms with Crippen LogP contribution in [0.25, 0.3) is 0 Å². The average Bonchev–Trinajstić information content (AvgIpc) is 2.07. The van der Waals surface area contributed by atoms with Gasteiger partial charge >= 0.3 is 23.1 Å². The number of rotatable bonds is 4. The van der Waals surface area contributed by atoms with Crippen molar-refractivity contribution in [2.75, 3.05) is 0 Å². The second-order valence-corrected chi connectivity index (χ2v) is 2.87. The van der Waals surface area contributed by atoms with Crippen LogP contribution in [-0.4, -0.2) is 23.1 Å². The second-order valence-electron chi connectivity index (χ2n) is 2.87. The maximum Gasteiger partial charge on any atom is 2.00 e. The van der Waals surface area contributed by atoms with Crippen molar-refractivity contribution in [2.45, 2.75) is 32.6 Å². The van der Waals surface area contributed by atoms with Crippen LogP contribution in [0.1, 0.15) is 31.7 Å². The number of hydrogen-bond donors (Lipinski definition) is 0. The van der Waals surface area contributed by atoms with Gasteiger partial charge in [-0.25, -0.2) is 0 Å². The smallest absolute Gasteiger partial charge is 1.00 e. The summed E-state index contributed by atoms with van der Waals surface area (Å²) in [6, 6.07) is 11.3. The van der Waals surface area contributed by atoms with Gasteiger partial charge in [0.2, 0.25) is 0 Å². The van der Waals surface area contributed by atoms with E-state index in [4.69, 9.17) is 0 Å². The van der Waals surface area contributed by atoms with E-state index in [0.29, 0.717) is 0 Å². The molecule has 0 aliphatic heterocycles. The predicted molar refractivity (Wildman–Crippen MR) is 54.3 cm³/mol. The second kappa shape index (κ2) is 10.4. The van der Waals surface area contributed by atoms with Gasteiger partial charge in [0.05, 0.1) is 0 Å². The molecule has 1 rings (SSSR count). The van der Waals surface area contributed by atoms with Crippen LogP contribution in [0.2, 0.25) is 0 Å². The number of aryl methyl sites for hydroxylation is 1. The third-order valence-corrected chi connectivity index (χ3v) is 1.86. The molecule has 0 unspecified atom stereocenters. The largest absolute Gasteiger partial charge is 2.00 e. The summed E-state index contributed by atoms with van der Waals surface area (Å²) in [5.41, 5.74) is 1.44. The Hall–Kier alpha value is 0.276. The summed E-state index contributed by atoms with van der Waals surface area (Å²) in [6.07, 6.45) is 5.20. The zero-order valence-corrected chi connectivity index (χ0v) is 10.4. The summed E-state index contributed by atoms with van der Waals surface area (Å²) in [4.78, 5) is 0. The topological polar surface area (TPSA) is 0 Å². The van der Waals surface area contributed by atoms with E-state index >= 15 is 0 Å². The van der Waals surface area contributed by atoms with Gasteiger partial charge in [-0.3, -0.25) is 0 Å². The van der Waals surface area contributed by atoms with Gasteiger partial charge in [-0.1, -0.05) is 32.6 Å². The van der Waals surface area contributed by atoms with Crippen molar-refractivity contribution in [3.63, 3.8) is 0 Å². The van der Waals surface area contributed by atoms with Gasteiger partial charge in [0, 0.05) is 0 Å². The third kappa shape index (κ3) is 7.36. The van der Waals surface area contributed by atoms with Gasteiger partial charge in [0.15, 0.2) is 0 Å². The van der Waals surface area contributed by atoms with Crippen molar-refractivity contribution < 1.29 is 12.4 Å². The minimum Gasteiger partial charge on any atom is -1.00 e. The van der Waals surface area contributed by atoms with E-state index in [1.807, 2.05) is 12.1 Å². The van der Waals surface area contributed by atoms with Crippen molar-refractivity contribution in [3.8, 4) is 0 Å². The molecule has 0 atom stereocenters. The zero-order valence-electron chi connectivity index (χ0n) is 8.22. The fraction of sp³-hybridized carbons (Fsp3) is 0.455. The van der Waals surface area contributed by atoms with Crippen LogP contribution >= 0.6 is 0 Å². The molecule has 0 aliphatic carbocycles. The van der Waals surface area contributed by atoms with Crippen molar-refractivity contribution >= 4 is 23.1 Å². The molecule has 2 heteroatoms. The molecular formula is C11H15ClMg. The number of hydrogen-bond acceptors (Lipinski definition) is 0. The normalized spacial score (nSPS) is 8.38. The van der Waals surface area contributed by atoms with Gasteiger partial charge < -0.3 is 12.4 Å². The molecule has 0 fully saturated rings. The van der Waals surface area contributed by atoms with E-state index in [1.165, 1.54) is 31.2 Å². The summed E-state index contributed by atoms with van der Waals surface area (Å²) in [7, 11) is 0. The van der Waals surface area contributed by atoms with Crippen LogP contribution in [0.3, 0.4) is 0 Å². The molecule has 1 aromatic carbocycles. The third-order valence-electron chi connectivity index (χ3n) is 1.86. The molecule has 68 valence electrons. The van der Waals surface area contributed by atoms with Crippen LogP contribution in [0.4, 0.5) is 0 Å². The Bertz CT molecular complexity index is 187. The van der Waals surface area contributed by atoms with E-state index in [0.717, 1.165) is 0 Å². The van der Waals surface area contributed by atoms with Gasteiger partial charge in [-0.15, -0.1) is 0 Å². The van der Waals surface area contributed by atoms with Crippen molar-refractivity contribution in [1.29, 1.82) is 0 Å². The molecule has 0 aliphatic rings. The van der Waals surface area contributed by atoms with Crippen LogP contribution < -0.4 is 12.4 Å². The molecule has 13 heavy (non-hydrogen) atoms. The van der Waals surface area contributed by atoms with Crippen molar-refractivity contribution in [2.24, 2.45) is 0 Å². The van der Waals surface area contributed by atoms with Crippen molar-refractivity contribution in [3.05, 3.63) is 35.9 Å². The molecule has 0 aromatic heterocycles.